The highest BCUT2D eigenvalue weighted by Gasteiger charge is 2.52. The van der Waals surface area contributed by atoms with Crippen molar-refractivity contribution in [3.8, 4) is 0 Å². The molecule has 1 saturated carbocycles. The van der Waals surface area contributed by atoms with E-state index in [1.807, 2.05) is 0 Å². The molecular formula is C10H18O. The zero-order chi connectivity index (χ0) is 8.06. The molecule has 0 amide bonds. The minimum absolute atomic E-state index is 0.538. The van der Waals surface area contributed by atoms with Crippen LogP contribution in [-0.4, -0.2) is 12.7 Å². The first-order chi connectivity index (χ1) is 5.14. The molecule has 1 atom stereocenters. The van der Waals surface area contributed by atoms with Crippen LogP contribution in [0.5, 0.6) is 0 Å². The van der Waals surface area contributed by atoms with Gasteiger partial charge in [0, 0.05) is 0 Å². The van der Waals surface area contributed by atoms with Crippen molar-refractivity contribution in [2.75, 3.05) is 6.61 Å². The molecule has 3 fully saturated rings. The molecule has 1 nitrogen and oxygen atoms in total. The quantitative estimate of drug-likeness (QED) is 0.563. The largest absolute Gasteiger partial charge is 0.378 e. The van der Waals surface area contributed by atoms with Crippen LogP contribution < -0.4 is 0 Å². The molecule has 1 aliphatic carbocycles. The fraction of sp³-hybridized carbons (Fsp3) is 1.00. The van der Waals surface area contributed by atoms with Crippen molar-refractivity contribution in [1.29, 1.82) is 0 Å². The SMILES string of the molecule is CC1OCC2(C(C)C)CC1C2. The summed E-state index contributed by atoms with van der Waals surface area (Å²) < 4.78 is 5.70. The molecule has 3 rings (SSSR count). The second kappa shape index (κ2) is 2.22. The normalized spacial score (nSPS) is 49.1. The van der Waals surface area contributed by atoms with E-state index in [-0.39, 0.29) is 0 Å². The van der Waals surface area contributed by atoms with E-state index in [4.69, 9.17) is 4.74 Å². The van der Waals surface area contributed by atoms with Crippen molar-refractivity contribution in [3.63, 3.8) is 0 Å². The van der Waals surface area contributed by atoms with Crippen LogP contribution in [0.1, 0.15) is 33.6 Å². The summed E-state index contributed by atoms with van der Waals surface area (Å²) in [4.78, 5) is 0. The van der Waals surface area contributed by atoms with Crippen LogP contribution >= 0.6 is 0 Å². The van der Waals surface area contributed by atoms with Crippen LogP contribution in [0.15, 0.2) is 0 Å². The van der Waals surface area contributed by atoms with Crippen LogP contribution in [0, 0.1) is 17.3 Å². The topological polar surface area (TPSA) is 9.23 Å². The van der Waals surface area contributed by atoms with Crippen molar-refractivity contribution in [2.45, 2.75) is 39.7 Å². The Morgan fingerprint density at radius 1 is 1.36 bits per heavy atom. The fourth-order valence-electron chi connectivity index (χ4n) is 2.51. The highest BCUT2D eigenvalue weighted by molar-refractivity contribution is 5.01. The van der Waals surface area contributed by atoms with E-state index < -0.39 is 0 Å². The van der Waals surface area contributed by atoms with Crippen molar-refractivity contribution in [2.24, 2.45) is 17.3 Å². The zero-order valence-corrected chi connectivity index (χ0v) is 7.76. The lowest BCUT2D eigenvalue weighted by atomic mass is 9.54. The van der Waals surface area contributed by atoms with E-state index in [2.05, 4.69) is 20.8 Å². The second-order valence-corrected chi connectivity index (χ2v) is 4.70. The molecule has 2 heterocycles. The fourth-order valence-corrected chi connectivity index (χ4v) is 2.51. The summed E-state index contributed by atoms with van der Waals surface area (Å²) in [5.41, 5.74) is 0.581. The highest BCUT2D eigenvalue weighted by atomic mass is 16.5. The molecule has 1 heteroatoms. The lowest BCUT2D eigenvalue weighted by molar-refractivity contribution is -0.191. The predicted molar refractivity (Wildman–Crippen MR) is 45.4 cm³/mol. The van der Waals surface area contributed by atoms with Gasteiger partial charge in [0.2, 0.25) is 0 Å². The number of ether oxygens (including phenoxy) is 1. The molecule has 2 bridgehead atoms. The van der Waals surface area contributed by atoms with Gasteiger partial charge in [-0.1, -0.05) is 13.8 Å². The van der Waals surface area contributed by atoms with E-state index in [1.54, 1.807) is 0 Å². The van der Waals surface area contributed by atoms with Crippen molar-refractivity contribution in [3.05, 3.63) is 0 Å². The molecule has 0 N–H and O–H groups in total. The smallest absolute Gasteiger partial charge is 0.0575 e. The van der Waals surface area contributed by atoms with Gasteiger partial charge < -0.3 is 4.74 Å². The maximum atomic E-state index is 5.70. The predicted octanol–water partition coefficient (Wildman–Crippen LogP) is 2.46. The molecule has 0 aromatic heterocycles. The Kier molecular flexibility index (Phi) is 1.54. The van der Waals surface area contributed by atoms with Gasteiger partial charge in [-0.25, -0.2) is 0 Å². The minimum atomic E-state index is 0.538. The molecule has 11 heavy (non-hydrogen) atoms. The summed E-state index contributed by atoms with van der Waals surface area (Å²) in [6.45, 7) is 7.89. The van der Waals surface area contributed by atoms with Gasteiger partial charge in [0.1, 0.15) is 0 Å². The lowest BCUT2D eigenvalue weighted by Gasteiger charge is -2.57. The summed E-state index contributed by atoms with van der Waals surface area (Å²) in [6.07, 6.45) is 3.38. The summed E-state index contributed by atoms with van der Waals surface area (Å²) in [6, 6.07) is 0. The summed E-state index contributed by atoms with van der Waals surface area (Å²) in [5.74, 6) is 1.69. The maximum absolute atomic E-state index is 5.70. The van der Waals surface area contributed by atoms with Gasteiger partial charge in [-0.15, -0.1) is 0 Å². The molecular weight excluding hydrogens is 136 g/mol. The molecule has 64 valence electrons. The number of fused-ring (bicyclic) bond motifs is 2. The molecule has 2 aliphatic heterocycles. The van der Waals surface area contributed by atoms with E-state index in [9.17, 15) is 0 Å². The maximum Gasteiger partial charge on any atom is 0.0575 e. The molecule has 0 radical (unpaired) electrons. The Morgan fingerprint density at radius 3 is 2.36 bits per heavy atom. The molecule has 2 saturated heterocycles. The average molecular weight is 154 g/mol. The van der Waals surface area contributed by atoms with Crippen molar-refractivity contribution in [1.82, 2.24) is 0 Å². The Bertz CT molecular complexity index is 151. The molecule has 0 aromatic carbocycles. The standard InChI is InChI=1S/C10H18O/c1-7(2)10-4-9(5-10)8(3)11-6-10/h7-9H,4-6H2,1-3H3. The van der Waals surface area contributed by atoms with Gasteiger partial charge in [-0.2, -0.15) is 0 Å². The van der Waals surface area contributed by atoms with Crippen molar-refractivity contribution < 1.29 is 4.74 Å². The molecule has 1 unspecified atom stereocenters. The third kappa shape index (κ3) is 0.936. The summed E-state index contributed by atoms with van der Waals surface area (Å²) >= 11 is 0. The van der Waals surface area contributed by atoms with Crippen LogP contribution in [0.4, 0.5) is 0 Å². The minimum Gasteiger partial charge on any atom is -0.378 e. The third-order valence-electron chi connectivity index (χ3n) is 3.86. The van der Waals surface area contributed by atoms with E-state index in [0.29, 0.717) is 11.5 Å². The van der Waals surface area contributed by atoms with E-state index in [1.165, 1.54) is 12.8 Å². The van der Waals surface area contributed by atoms with E-state index >= 15 is 0 Å². The van der Waals surface area contributed by atoms with Gasteiger partial charge in [0.25, 0.3) is 0 Å². The monoisotopic (exact) mass is 154 g/mol. The Labute approximate surface area is 69.1 Å². The Morgan fingerprint density at radius 2 is 2.00 bits per heavy atom. The number of hydrogen-bond acceptors (Lipinski definition) is 1. The van der Waals surface area contributed by atoms with Crippen LogP contribution in [0.2, 0.25) is 0 Å². The van der Waals surface area contributed by atoms with Gasteiger partial charge in [-0.05, 0) is 37.0 Å². The molecule has 0 spiro atoms. The first-order valence-electron chi connectivity index (χ1n) is 4.76. The van der Waals surface area contributed by atoms with Crippen LogP contribution in [0.25, 0.3) is 0 Å². The first kappa shape index (κ1) is 7.60. The number of rotatable bonds is 1. The van der Waals surface area contributed by atoms with Gasteiger partial charge >= 0.3 is 0 Å². The second-order valence-electron chi connectivity index (χ2n) is 4.70. The average Bonchev–Trinajstić information content (AvgIpc) is 1.84. The van der Waals surface area contributed by atoms with Gasteiger partial charge in [0.15, 0.2) is 0 Å². The van der Waals surface area contributed by atoms with Crippen molar-refractivity contribution >= 4 is 0 Å². The van der Waals surface area contributed by atoms with Crippen LogP contribution in [0.3, 0.4) is 0 Å². The Balaban J connectivity index is 2.04. The molecule has 0 aromatic rings. The summed E-state index contributed by atoms with van der Waals surface area (Å²) in [5, 5.41) is 0. The van der Waals surface area contributed by atoms with E-state index in [0.717, 1.165) is 18.4 Å². The lowest BCUT2D eigenvalue weighted by Crippen LogP contribution is -2.54. The zero-order valence-electron chi connectivity index (χ0n) is 7.76. The first-order valence-corrected chi connectivity index (χ1v) is 4.76. The third-order valence-corrected chi connectivity index (χ3v) is 3.86. The van der Waals surface area contributed by atoms with Gasteiger partial charge in [0.05, 0.1) is 12.7 Å². The molecule has 3 aliphatic rings. The van der Waals surface area contributed by atoms with Crippen LogP contribution in [-0.2, 0) is 4.74 Å². The summed E-state index contributed by atoms with van der Waals surface area (Å²) in [7, 11) is 0. The Hall–Kier alpha value is -0.0400. The van der Waals surface area contributed by atoms with Gasteiger partial charge in [-0.3, -0.25) is 0 Å². The number of hydrogen-bond donors (Lipinski definition) is 0. The highest BCUT2D eigenvalue weighted by Crippen LogP contribution is 2.56.